The molecule has 0 aliphatic heterocycles. The van der Waals surface area contributed by atoms with E-state index in [1.807, 2.05) is 12.1 Å². The number of benzene rings is 4. The molecule has 0 atom stereocenters. The van der Waals surface area contributed by atoms with Gasteiger partial charge in [0.25, 0.3) is 0 Å². The highest BCUT2D eigenvalue weighted by Crippen LogP contribution is 2.36. The van der Waals surface area contributed by atoms with Crippen molar-refractivity contribution in [1.82, 2.24) is 0 Å². The summed E-state index contributed by atoms with van der Waals surface area (Å²) < 4.78 is 0. The molecule has 0 saturated heterocycles. The molecule has 26 heavy (non-hydrogen) atoms. The molecule has 4 aromatic carbocycles. The number of nitrogen functional groups attached to an aromatic ring is 1. The Bertz CT molecular complexity index is 1010. The summed E-state index contributed by atoms with van der Waals surface area (Å²) in [7, 11) is 0. The standard InChI is InChI=1S/C25H21N/c1-18-7-9-19(10-8-18)22-13-16-24(21-11-14-23(26)15-12-21)25(17-22)20-5-3-2-4-6-20/h2-17H,26H2,1H3. The van der Waals surface area contributed by atoms with Crippen molar-refractivity contribution in [3.8, 4) is 33.4 Å². The second-order valence-corrected chi connectivity index (χ2v) is 6.61. The highest BCUT2D eigenvalue weighted by atomic mass is 14.5. The Hall–Kier alpha value is -3.32. The van der Waals surface area contributed by atoms with E-state index >= 15 is 0 Å². The maximum Gasteiger partial charge on any atom is 0.0314 e. The van der Waals surface area contributed by atoms with Crippen molar-refractivity contribution in [3.63, 3.8) is 0 Å². The summed E-state index contributed by atoms with van der Waals surface area (Å²) in [5.41, 5.74) is 15.2. The Morgan fingerprint density at radius 1 is 0.500 bits per heavy atom. The third-order valence-electron chi connectivity index (χ3n) is 4.71. The van der Waals surface area contributed by atoms with E-state index in [9.17, 15) is 0 Å². The summed E-state index contributed by atoms with van der Waals surface area (Å²) >= 11 is 0. The van der Waals surface area contributed by atoms with Crippen LogP contribution in [0, 0.1) is 6.92 Å². The number of hydrogen-bond acceptors (Lipinski definition) is 1. The van der Waals surface area contributed by atoms with Crippen LogP contribution in [0.15, 0.2) is 97.1 Å². The number of nitrogens with two attached hydrogens (primary N) is 1. The summed E-state index contributed by atoms with van der Waals surface area (Å²) in [6.07, 6.45) is 0. The van der Waals surface area contributed by atoms with E-state index in [1.54, 1.807) is 0 Å². The SMILES string of the molecule is Cc1ccc(-c2ccc(-c3ccc(N)cc3)c(-c3ccccc3)c2)cc1. The van der Waals surface area contributed by atoms with Crippen molar-refractivity contribution < 1.29 is 0 Å². The van der Waals surface area contributed by atoms with Gasteiger partial charge in [0.15, 0.2) is 0 Å². The van der Waals surface area contributed by atoms with Gasteiger partial charge in [-0.1, -0.05) is 84.4 Å². The van der Waals surface area contributed by atoms with Crippen LogP contribution in [0.5, 0.6) is 0 Å². The lowest BCUT2D eigenvalue weighted by molar-refractivity contribution is 1.47. The Balaban J connectivity index is 1.89. The fraction of sp³-hybridized carbons (Fsp3) is 0.0400. The number of anilines is 1. The molecule has 0 aromatic heterocycles. The van der Waals surface area contributed by atoms with E-state index in [0.29, 0.717) is 0 Å². The fourth-order valence-corrected chi connectivity index (χ4v) is 3.24. The van der Waals surface area contributed by atoms with Gasteiger partial charge in [0.1, 0.15) is 0 Å². The molecule has 0 saturated carbocycles. The van der Waals surface area contributed by atoms with Crippen LogP contribution in [-0.4, -0.2) is 0 Å². The summed E-state index contributed by atoms with van der Waals surface area (Å²) in [6, 6.07) is 34.0. The van der Waals surface area contributed by atoms with Crippen LogP contribution in [0.1, 0.15) is 5.56 Å². The molecule has 0 spiro atoms. The molecule has 0 unspecified atom stereocenters. The third kappa shape index (κ3) is 3.25. The Labute approximate surface area is 154 Å². The molecule has 0 aliphatic rings. The first kappa shape index (κ1) is 16.2. The van der Waals surface area contributed by atoms with E-state index in [-0.39, 0.29) is 0 Å². The van der Waals surface area contributed by atoms with Crippen molar-refractivity contribution in [2.75, 3.05) is 5.73 Å². The number of rotatable bonds is 3. The molecule has 0 aliphatic carbocycles. The maximum absolute atomic E-state index is 5.87. The van der Waals surface area contributed by atoms with Crippen molar-refractivity contribution in [3.05, 3.63) is 103 Å². The fourth-order valence-electron chi connectivity index (χ4n) is 3.24. The number of aryl methyl sites for hydroxylation is 1. The zero-order valence-corrected chi connectivity index (χ0v) is 14.8. The van der Waals surface area contributed by atoms with E-state index in [4.69, 9.17) is 5.73 Å². The van der Waals surface area contributed by atoms with Gasteiger partial charge in [0.05, 0.1) is 0 Å². The quantitative estimate of drug-likeness (QED) is 0.421. The zero-order chi connectivity index (χ0) is 17.9. The highest BCUT2D eigenvalue weighted by molar-refractivity contribution is 5.87. The Morgan fingerprint density at radius 3 is 1.77 bits per heavy atom. The van der Waals surface area contributed by atoms with Gasteiger partial charge in [-0.3, -0.25) is 0 Å². The average molecular weight is 335 g/mol. The Kier molecular flexibility index (Phi) is 4.28. The maximum atomic E-state index is 5.87. The first-order valence-electron chi connectivity index (χ1n) is 8.83. The normalized spacial score (nSPS) is 10.7. The first-order valence-corrected chi connectivity index (χ1v) is 8.83. The van der Waals surface area contributed by atoms with Crippen LogP contribution < -0.4 is 5.73 Å². The van der Waals surface area contributed by atoms with E-state index < -0.39 is 0 Å². The lowest BCUT2D eigenvalue weighted by atomic mass is 9.91. The molecule has 0 heterocycles. The van der Waals surface area contributed by atoms with Crippen LogP contribution in [0.4, 0.5) is 5.69 Å². The predicted octanol–water partition coefficient (Wildman–Crippen LogP) is 6.58. The second-order valence-electron chi connectivity index (χ2n) is 6.61. The van der Waals surface area contributed by atoms with E-state index in [2.05, 4.69) is 91.9 Å². The van der Waals surface area contributed by atoms with Gasteiger partial charge in [0.2, 0.25) is 0 Å². The highest BCUT2D eigenvalue weighted by Gasteiger charge is 2.10. The van der Waals surface area contributed by atoms with Crippen LogP contribution in [0.25, 0.3) is 33.4 Å². The molecular weight excluding hydrogens is 314 g/mol. The van der Waals surface area contributed by atoms with Crippen molar-refractivity contribution >= 4 is 5.69 Å². The van der Waals surface area contributed by atoms with Crippen molar-refractivity contribution in [2.24, 2.45) is 0 Å². The summed E-state index contributed by atoms with van der Waals surface area (Å²) in [5.74, 6) is 0. The summed E-state index contributed by atoms with van der Waals surface area (Å²) in [6.45, 7) is 2.11. The lowest BCUT2D eigenvalue weighted by Gasteiger charge is -2.13. The van der Waals surface area contributed by atoms with E-state index in [1.165, 1.54) is 38.9 Å². The van der Waals surface area contributed by atoms with Crippen LogP contribution >= 0.6 is 0 Å². The minimum atomic E-state index is 0.784. The average Bonchev–Trinajstić information content (AvgIpc) is 2.69. The molecule has 2 N–H and O–H groups in total. The minimum Gasteiger partial charge on any atom is -0.399 e. The molecule has 4 rings (SSSR count). The van der Waals surface area contributed by atoms with Crippen LogP contribution in [-0.2, 0) is 0 Å². The molecule has 1 nitrogen and oxygen atoms in total. The van der Waals surface area contributed by atoms with E-state index in [0.717, 1.165) is 5.69 Å². The van der Waals surface area contributed by atoms with Gasteiger partial charge < -0.3 is 5.73 Å². The van der Waals surface area contributed by atoms with Crippen molar-refractivity contribution in [2.45, 2.75) is 6.92 Å². The third-order valence-corrected chi connectivity index (χ3v) is 4.71. The van der Waals surface area contributed by atoms with Crippen LogP contribution in [0.2, 0.25) is 0 Å². The topological polar surface area (TPSA) is 26.0 Å². The van der Waals surface area contributed by atoms with Gasteiger partial charge >= 0.3 is 0 Å². The molecule has 4 aromatic rings. The van der Waals surface area contributed by atoms with Gasteiger partial charge in [-0.05, 0) is 58.5 Å². The first-order chi connectivity index (χ1) is 12.7. The van der Waals surface area contributed by atoms with Crippen LogP contribution in [0.3, 0.4) is 0 Å². The second kappa shape index (κ2) is 6.89. The molecule has 0 amide bonds. The Morgan fingerprint density at radius 2 is 1.08 bits per heavy atom. The molecule has 126 valence electrons. The van der Waals surface area contributed by atoms with Gasteiger partial charge in [0, 0.05) is 5.69 Å². The summed E-state index contributed by atoms with van der Waals surface area (Å²) in [4.78, 5) is 0. The molecule has 0 radical (unpaired) electrons. The van der Waals surface area contributed by atoms with Gasteiger partial charge in [-0.15, -0.1) is 0 Å². The molecule has 0 bridgehead atoms. The van der Waals surface area contributed by atoms with Crippen molar-refractivity contribution in [1.29, 1.82) is 0 Å². The van der Waals surface area contributed by atoms with Gasteiger partial charge in [-0.25, -0.2) is 0 Å². The summed E-state index contributed by atoms with van der Waals surface area (Å²) in [5, 5.41) is 0. The monoisotopic (exact) mass is 335 g/mol. The lowest BCUT2D eigenvalue weighted by Crippen LogP contribution is -1.89. The smallest absolute Gasteiger partial charge is 0.0314 e. The molecular formula is C25H21N. The predicted molar refractivity (Wildman–Crippen MR) is 112 cm³/mol. The zero-order valence-electron chi connectivity index (χ0n) is 14.8. The van der Waals surface area contributed by atoms with Gasteiger partial charge in [-0.2, -0.15) is 0 Å². The minimum absolute atomic E-state index is 0.784. The molecule has 1 heteroatoms. The molecule has 0 fully saturated rings. The largest absolute Gasteiger partial charge is 0.399 e. The number of hydrogen-bond donors (Lipinski definition) is 1.